The zero-order chi connectivity index (χ0) is 12.7. The molecule has 1 aliphatic carbocycles. The average Bonchev–Trinajstić information content (AvgIpc) is 2.26. The number of hydrogen-bond acceptors (Lipinski definition) is 6. The molecule has 0 amide bonds. The molecule has 0 radical (unpaired) electrons. The summed E-state index contributed by atoms with van der Waals surface area (Å²) in [5, 5.41) is 0. The fourth-order valence-electron chi connectivity index (χ4n) is 1.92. The summed E-state index contributed by atoms with van der Waals surface area (Å²) in [6, 6.07) is 0. The van der Waals surface area contributed by atoms with E-state index in [-0.39, 0.29) is 47.8 Å². The molecule has 102 valence electrons. The van der Waals surface area contributed by atoms with Crippen molar-refractivity contribution in [3.63, 3.8) is 0 Å². The maximum Gasteiger partial charge on any atom is 1.00 e. The van der Waals surface area contributed by atoms with Crippen LogP contribution >= 0.6 is 12.0 Å². The second-order valence-electron chi connectivity index (χ2n) is 4.15. The standard InChI is InChI=1S/C10H20O5S2.Na/c1-16-15-10-5-3-9(4-6-10)14-7-2-8-17(11,12)13;/h9-10H,2-8H2,1H3,(H,11,12,13);/q;+1/p-1. The van der Waals surface area contributed by atoms with E-state index in [1.807, 2.05) is 6.26 Å². The molecule has 0 aromatic rings. The summed E-state index contributed by atoms with van der Waals surface area (Å²) >= 11 is 1.39. The first-order valence-corrected chi connectivity index (χ1v) is 8.48. The normalized spacial score (nSPS) is 24.6. The van der Waals surface area contributed by atoms with Gasteiger partial charge in [-0.25, -0.2) is 8.42 Å². The van der Waals surface area contributed by atoms with Crippen LogP contribution < -0.4 is 29.6 Å². The Balaban J connectivity index is 0.00000289. The Morgan fingerprint density at radius 1 is 1.22 bits per heavy atom. The van der Waals surface area contributed by atoms with Gasteiger partial charge in [0.05, 0.1) is 22.3 Å². The quantitative estimate of drug-likeness (QED) is 0.248. The van der Waals surface area contributed by atoms with Crippen LogP contribution in [0, 0.1) is 0 Å². The molecule has 18 heavy (non-hydrogen) atoms. The summed E-state index contributed by atoms with van der Waals surface area (Å²) in [6.07, 6.45) is 6.53. The van der Waals surface area contributed by atoms with Crippen molar-refractivity contribution < 1.29 is 51.4 Å². The van der Waals surface area contributed by atoms with Crippen LogP contribution in [-0.4, -0.2) is 43.8 Å². The van der Waals surface area contributed by atoms with Gasteiger partial charge in [-0.3, -0.25) is 0 Å². The van der Waals surface area contributed by atoms with E-state index in [0.29, 0.717) is 12.7 Å². The minimum atomic E-state index is -4.10. The third-order valence-corrected chi connectivity index (χ3v) is 4.00. The minimum absolute atomic E-state index is 0. The predicted octanol–water partition coefficient (Wildman–Crippen LogP) is -1.45. The van der Waals surface area contributed by atoms with E-state index in [1.54, 1.807) is 0 Å². The van der Waals surface area contributed by atoms with Crippen molar-refractivity contribution >= 4 is 22.2 Å². The average molecular weight is 306 g/mol. The fraction of sp³-hybridized carbons (Fsp3) is 1.00. The van der Waals surface area contributed by atoms with Crippen LogP contribution in [0.1, 0.15) is 32.1 Å². The summed E-state index contributed by atoms with van der Waals surface area (Å²) in [5.74, 6) is -0.335. The van der Waals surface area contributed by atoms with Gasteiger partial charge in [-0.05, 0) is 44.1 Å². The molecule has 5 nitrogen and oxygen atoms in total. The van der Waals surface area contributed by atoms with Crippen molar-refractivity contribution in [1.82, 2.24) is 0 Å². The molecule has 0 atom stereocenters. The van der Waals surface area contributed by atoms with Crippen LogP contribution in [0.15, 0.2) is 0 Å². The Kier molecular flexibility index (Phi) is 10.6. The topological polar surface area (TPSA) is 75.7 Å². The molecule has 1 fully saturated rings. The monoisotopic (exact) mass is 306 g/mol. The first-order chi connectivity index (χ1) is 8.01. The maximum atomic E-state index is 10.4. The molecular weight excluding hydrogens is 287 g/mol. The Morgan fingerprint density at radius 2 is 1.78 bits per heavy atom. The second-order valence-corrected chi connectivity index (χ2v) is 6.20. The Morgan fingerprint density at radius 3 is 2.28 bits per heavy atom. The Labute approximate surface area is 136 Å². The summed E-state index contributed by atoms with van der Waals surface area (Å²) in [6.45, 7) is 0.347. The number of hydrogen-bond donors (Lipinski definition) is 0. The molecule has 0 spiro atoms. The van der Waals surface area contributed by atoms with Crippen LogP contribution in [-0.2, 0) is 19.0 Å². The van der Waals surface area contributed by atoms with Crippen molar-refractivity contribution in [1.29, 1.82) is 0 Å². The summed E-state index contributed by atoms with van der Waals surface area (Å²) < 4.78 is 42.1. The minimum Gasteiger partial charge on any atom is -0.748 e. The largest absolute Gasteiger partial charge is 1.00 e. The van der Waals surface area contributed by atoms with E-state index in [2.05, 4.69) is 0 Å². The molecule has 0 unspecified atom stereocenters. The molecule has 8 heteroatoms. The summed E-state index contributed by atoms with van der Waals surface area (Å²) in [7, 11) is -4.10. The smallest absolute Gasteiger partial charge is 0.748 e. The van der Waals surface area contributed by atoms with Crippen LogP contribution in [0.25, 0.3) is 0 Å². The first kappa shape index (κ1) is 19.2. The Bertz CT molecular complexity index is 301. The van der Waals surface area contributed by atoms with Crippen molar-refractivity contribution in [2.75, 3.05) is 18.6 Å². The van der Waals surface area contributed by atoms with Gasteiger partial charge < -0.3 is 13.5 Å². The van der Waals surface area contributed by atoms with E-state index in [1.165, 1.54) is 12.0 Å². The van der Waals surface area contributed by atoms with Gasteiger partial charge in [-0.15, -0.1) is 0 Å². The van der Waals surface area contributed by atoms with Crippen LogP contribution in [0.5, 0.6) is 0 Å². The van der Waals surface area contributed by atoms with Gasteiger partial charge in [-0.2, -0.15) is 0 Å². The number of rotatable bonds is 7. The van der Waals surface area contributed by atoms with Crippen LogP contribution in [0.2, 0.25) is 0 Å². The maximum absolute atomic E-state index is 10.4. The van der Waals surface area contributed by atoms with E-state index in [9.17, 15) is 13.0 Å². The van der Waals surface area contributed by atoms with Gasteiger partial charge in [0.25, 0.3) is 0 Å². The van der Waals surface area contributed by atoms with E-state index < -0.39 is 10.1 Å². The van der Waals surface area contributed by atoms with E-state index >= 15 is 0 Å². The van der Waals surface area contributed by atoms with Gasteiger partial charge in [0.1, 0.15) is 0 Å². The molecule has 0 aliphatic heterocycles. The van der Waals surface area contributed by atoms with Gasteiger partial charge in [0.15, 0.2) is 0 Å². The van der Waals surface area contributed by atoms with Crippen molar-refractivity contribution in [2.24, 2.45) is 0 Å². The molecule has 0 aromatic heterocycles. The molecule has 0 saturated heterocycles. The van der Waals surface area contributed by atoms with E-state index in [0.717, 1.165) is 25.7 Å². The second kappa shape index (κ2) is 9.99. The van der Waals surface area contributed by atoms with Crippen LogP contribution in [0.3, 0.4) is 0 Å². The number of ether oxygens (including phenoxy) is 1. The molecule has 1 aliphatic rings. The van der Waals surface area contributed by atoms with Gasteiger partial charge >= 0.3 is 29.6 Å². The third kappa shape index (κ3) is 9.14. The molecule has 1 saturated carbocycles. The summed E-state index contributed by atoms with van der Waals surface area (Å²) in [4.78, 5) is 0. The molecule has 0 aromatic carbocycles. The summed E-state index contributed by atoms with van der Waals surface area (Å²) in [5.41, 5.74) is 0. The third-order valence-electron chi connectivity index (χ3n) is 2.75. The fourth-order valence-corrected chi connectivity index (χ4v) is 2.85. The molecule has 0 bridgehead atoms. The van der Waals surface area contributed by atoms with Gasteiger partial charge in [-0.1, -0.05) is 0 Å². The molecule has 1 rings (SSSR count). The zero-order valence-corrected chi connectivity index (χ0v) is 14.6. The van der Waals surface area contributed by atoms with E-state index in [4.69, 9.17) is 8.92 Å². The zero-order valence-electron chi connectivity index (χ0n) is 11.0. The van der Waals surface area contributed by atoms with Crippen LogP contribution in [0.4, 0.5) is 0 Å². The first-order valence-electron chi connectivity index (χ1n) is 5.76. The molecule has 0 N–H and O–H groups in total. The SMILES string of the molecule is CSOC1CCC(OCCCS(=O)(=O)[O-])CC1.[Na+]. The molecular formula is C10H19NaO5S2. The van der Waals surface area contributed by atoms with Crippen molar-refractivity contribution in [2.45, 2.75) is 44.3 Å². The Hall–Kier alpha value is 1.18. The molecule has 0 heterocycles. The predicted molar refractivity (Wildman–Crippen MR) is 65.8 cm³/mol. The van der Waals surface area contributed by atoms with Gasteiger partial charge in [0.2, 0.25) is 0 Å². The van der Waals surface area contributed by atoms with Gasteiger partial charge in [0, 0.05) is 18.6 Å². The van der Waals surface area contributed by atoms with Crippen molar-refractivity contribution in [3.8, 4) is 0 Å². The van der Waals surface area contributed by atoms with Crippen molar-refractivity contribution in [3.05, 3.63) is 0 Å².